The predicted octanol–water partition coefficient (Wildman–Crippen LogP) is 6.27. The summed E-state index contributed by atoms with van der Waals surface area (Å²) >= 11 is 0. The monoisotopic (exact) mass is 595 g/mol. The molecule has 1 saturated carbocycles. The summed E-state index contributed by atoms with van der Waals surface area (Å²) in [5.74, 6) is -0.415. The molecule has 6 rings (SSSR count). The fraction of sp³-hybridized carbons (Fsp3) is 0.516. The minimum Gasteiger partial charge on any atom is -0.343 e. The molecule has 43 heavy (non-hydrogen) atoms. The van der Waals surface area contributed by atoms with E-state index in [0.717, 1.165) is 37.5 Å². The van der Waals surface area contributed by atoms with E-state index < -0.39 is 18.5 Å². The Morgan fingerprint density at radius 2 is 1.86 bits per heavy atom. The van der Waals surface area contributed by atoms with Gasteiger partial charge in [0, 0.05) is 44.7 Å². The second-order valence-corrected chi connectivity index (χ2v) is 12.2. The van der Waals surface area contributed by atoms with Gasteiger partial charge in [0.25, 0.3) is 5.91 Å². The molecule has 3 aromatic rings. The van der Waals surface area contributed by atoms with E-state index in [2.05, 4.69) is 15.3 Å². The lowest BCUT2D eigenvalue weighted by Crippen LogP contribution is -2.40. The third-order valence-corrected chi connectivity index (χ3v) is 8.96. The lowest BCUT2D eigenvalue weighted by molar-refractivity contribution is -0.144. The molecule has 0 spiro atoms. The number of halogens is 3. The van der Waals surface area contributed by atoms with E-state index in [-0.39, 0.29) is 42.7 Å². The molecule has 1 aliphatic heterocycles. The van der Waals surface area contributed by atoms with Gasteiger partial charge in [-0.2, -0.15) is 18.2 Å². The normalized spacial score (nSPS) is 23.0. The summed E-state index contributed by atoms with van der Waals surface area (Å²) in [7, 11) is 3.47. The van der Waals surface area contributed by atoms with E-state index in [9.17, 15) is 22.8 Å². The summed E-state index contributed by atoms with van der Waals surface area (Å²) in [4.78, 5) is 43.0. The smallest absolute Gasteiger partial charge is 0.343 e. The van der Waals surface area contributed by atoms with E-state index in [1.54, 1.807) is 54.5 Å². The van der Waals surface area contributed by atoms with E-state index in [4.69, 9.17) is 4.98 Å². The zero-order chi connectivity index (χ0) is 30.3. The number of fused-ring (bicyclic) bond motifs is 4. The lowest BCUT2D eigenvalue weighted by Gasteiger charge is -2.33. The van der Waals surface area contributed by atoms with Crippen LogP contribution in [0.25, 0.3) is 11.0 Å². The number of carbonyl (C=O) groups is 2. The van der Waals surface area contributed by atoms with Crippen LogP contribution in [0.5, 0.6) is 0 Å². The van der Waals surface area contributed by atoms with Crippen molar-refractivity contribution in [1.82, 2.24) is 24.4 Å². The van der Waals surface area contributed by atoms with Gasteiger partial charge in [-0.15, -0.1) is 0 Å². The molecule has 2 aliphatic carbocycles. The molecule has 4 heterocycles. The van der Waals surface area contributed by atoms with Crippen molar-refractivity contribution in [3.63, 3.8) is 0 Å². The van der Waals surface area contributed by atoms with Gasteiger partial charge in [-0.3, -0.25) is 9.59 Å². The summed E-state index contributed by atoms with van der Waals surface area (Å²) in [6.07, 6.45) is 7.38. The highest BCUT2D eigenvalue weighted by atomic mass is 19.4. The van der Waals surface area contributed by atoms with Gasteiger partial charge in [0.05, 0.1) is 18.3 Å². The van der Waals surface area contributed by atoms with Crippen molar-refractivity contribution >= 4 is 40.3 Å². The van der Waals surface area contributed by atoms with Crippen LogP contribution in [-0.4, -0.2) is 63.0 Å². The quantitative estimate of drug-likeness (QED) is 0.337. The van der Waals surface area contributed by atoms with Crippen LogP contribution in [0.15, 0.2) is 42.7 Å². The molecule has 9 nitrogen and oxygen atoms in total. The number of hydrogen-bond acceptors (Lipinski definition) is 6. The van der Waals surface area contributed by atoms with Gasteiger partial charge in [-0.1, -0.05) is 25.0 Å². The molecule has 12 heteroatoms. The van der Waals surface area contributed by atoms with Crippen LogP contribution in [0.2, 0.25) is 0 Å². The molecule has 3 aliphatic rings. The topological polar surface area (TPSA) is 96.2 Å². The van der Waals surface area contributed by atoms with E-state index in [1.807, 2.05) is 16.7 Å². The Hall–Kier alpha value is -3.96. The Balaban J connectivity index is 1.23. The second kappa shape index (κ2) is 11.6. The number of amides is 2. The SMILES string of the molecule is CN(C)C(=O)c1cc2cnc(Nc3ccc(N4C[C@H]5CC[C@H](C=CC5CC(F)(F)F)CC4=O)cn3)nc2n1C1CCCC1. The fourth-order valence-electron chi connectivity index (χ4n) is 6.74. The first kappa shape index (κ1) is 29.1. The molecule has 1 unspecified atom stereocenters. The van der Waals surface area contributed by atoms with Crippen molar-refractivity contribution in [2.75, 3.05) is 30.9 Å². The number of allylic oxidation sites excluding steroid dienone is 2. The predicted molar refractivity (Wildman–Crippen MR) is 157 cm³/mol. The molecule has 228 valence electrons. The van der Waals surface area contributed by atoms with Crippen molar-refractivity contribution in [3.8, 4) is 0 Å². The molecule has 0 aromatic carbocycles. The first-order chi connectivity index (χ1) is 20.6. The minimum absolute atomic E-state index is 0.0614. The molecule has 2 amide bonds. The van der Waals surface area contributed by atoms with Gasteiger partial charge in [-0.25, -0.2) is 9.97 Å². The molecule has 3 aromatic heterocycles. The van der Waals surface area contributed by atoms with Gasteiger partial charge in [-0.05, 0) is 61.6 Å². The van der Waals surface area contributed by atoms with Crippen molar-refractivity contribution in [1.29, 1.82) is 0 Å². The second-order valence-electron chi connectivity index (χ2n) is 12.2. The van der Waals surface area contributed by atoms with Crippen molar-refractivity contribution in [2.24, 2.45) is 17.8 Å². The largest absolute Gasteiger partial charge is 0.389 e. The Morgan fingerprint density at radius 1 is 1.07 bits per heavy atom. The van der Waals surface area contributed by atoms with Crippen molar-refractivity contribution in [3.05, 3.63) is 48.4 Å². The third-order valence-electron chi connectivity index (χ3n) is 8.96. The number of anilines is 3. The highest BCUT2D eigenvalue weighted by Gasteiger charge is 2.38. The molecule has 1 N–H and O–H groups in total. The van der Waals surface area contributed by atoms with Crippen LogP contribution < -0.4 is 10.2 Å². The zero-order valence-corrected chi connectivity index (χ0v) is 24.3. The maximum absolute atomic E-state index is 13.3. The number of nitrogens with one attached hydrogen (secondary N) is 1. The fourth-order valence-corrected chi connectivity index (χ4v) is 6.74. The van der Waals surface area contributed by atoms with Crippen molar-refractivity contribution in [2.45, 2.75) is 63.6 Å². The van der Waals surface area contributed by atoms with Gasteiger partial charge in [0.15, 0.2) is 0 Å². The Morgan fingerprint density at radius 3 is 2.56 bits per heavy atom. The number of carbonyl (C=O) groups excluding carboxylic acids is 2. The van der Waals surface area contributed by atoms with E-state index in [1.165, 1.54) is 0 Å². The summed E-state index contributed by atoms with van der Waals surface area (Å²) < 4.78 is 42.0. The Kier molecular flexibility index (Phi) is 7.87. The van der Waals surface area contributed by atoms with Crippen LogP contribution in [0.3, 0.4) is 0 Å². The maximum atomic E-state index is 13.3. The van der Waals surface area contributed by atoms with Crippen LogP contribution in [0.1, 0.15) is 67.9 Å². The number of nitrogens with zero attached hydrogens (tertiary/aromatic N) is 6. The zero-order valence-electron chi connectivity index (χ0n) is 24.3. The van der Waals surface area contributed by atoms with Crippen LogP contribution >= 0.6 is 0 Å². The maximum Gasteiger partial charge on any atom is 0.389 e. The van der Waals surface area contributed by atoms with Gasteiger partial charge >= 0.3 is 6.18 Å². The van der Waals surface area contributed by atoms with Crippen LogP contribution in [-0.2, 0) is 4.79 Å². The van der Waals surface area contributed by atoms with Crippen LogP contribution in [0, 0.1) is 17.8 Å². The highest BCUT2D eigenvalue weighted by Crippen LogP contribution is 2.39. The van der Waals surface area contributed by atoms with Gasteiger partial charge in [0.2, 0.25) is 11.9 Å². The number of aromatic nitrogens is 4. The number of hydrogen-bond donors (Lipinski definition) is 1. The number of rotatable bonds is 6. The Labute approximate surface area is 248 Å². The standard InChI is InChI=1S/C31H36F3N7O2/c1-39(2)29(43)25-14-22-16-36-30(38-28(22)41(25)23-5-3-4-6-23)37-26-12-11-24(17-35-26)40-18-21-10-8-19(13-27(40)42)7-9-20(21)15-31(32,33)34/h7,9,11-12,14,16-17,19-21,23H,3-6,8,10,13,15,18H2,1-2H3,(H,35,36,37,38)/t19-,20?,21+/m0/s1. The minimum atomic E-state index is -4.27. The Bertz CT molecular complexity index is 1530. The molecule has 2 fully saturated rings. The highest BCUT2D eigenvalue weighted by molar-refractivity contribution is 5.98. The number of alkyl halides is 3. The molecular weight excluding hydrogens is 559 g/mol. The first-order valence-corrected chi connectivity index (χ1v) is 14.9. The third kappa shape index (κ3) is 6.23. The first-order valence-electron chi connectivity index (χ1n) is 14.9. The lowest BCUT2D eigenvalue weighted by atomic mass is 9.85. The molecule has 2 bridgehead atoms. The van der Waals surface area contributed by atoms with Gasteiger partial charge in [0.1, 0.15) is 17.2 Å². The molecule has 1 saturated heterocycles. The average molecular weight is 596 g/mol. The van der Waals surface area contributed by atoms with Crippen molar-refractivity contribution < 1.29 is 22.8 Å². The number of pyridine rings is 1. The summed E-state index contributed by atoms with van der Waals surface area (Å²) in [6.45, 7) is 0.219. The van der Waals surface area contributed by atoms with E-state index in [0.29, 0.717) is 35.2 Å². The van der Waals surface area contributed by atoms with Crippen LogP contribution in [0.4, 0.5) is 30.6 Å². The molecule has 3 atom stereocenters. The average Bonchev–Trinajstić information content (AvgIpc) is 3.58. The summed E-state index contributed by atoms with van der Waals surface area (Å²) in [6, 6.07) is 5.50. The summed E-state index contributed by atoms with van der Waals surface area (Å²) in [5.41, 5.74) is 1.83. The molecular formula is C31H36F3N7O2. The summed E-state index contributed by atoms with van der Waals surface area (Å²) in [5, 5.41) is 3.91. The molecule has 0 radical (unpaired) electrons. The van der Waals surface area contributed by atoms with E-state index >= 15 is 0 Å². The van der Waals surface area contributed by atoms with Gasteiger partial charge < -0.3 is 19.7 Å².